The van der Waals surface area contributed by atoms with Gasteiger partial charge in [-0.25, -0.2) is 10.0 Å². The van der Waals surface area contributed by atoms with Crippen molar-refractivity contribution in [2.75, 3.05) is 11.7 Å². The second-order valence-corrected chi connectivity index (χ2v) is 3.25. The van der Waals surface area contributed by atoms with E-state index < -0.39 is 0 Å². The molecule has 0 saturated carbocycles. The summed E-state index contributed by atoms with van der Waals surface area (Å²) < 4.78 is 0. The molecule has 0 saturated heterocycles. The molecule has 14 heavy (non-hydrogen) atoms. The van der Waals surface area contributed by atoms with Crippen LogP contribution < -0.4 is 5.01 Å². The summed E-state index contributed by atoms with van der Waals surface area (Å²) >= 11 is 4.28. The first kappa shape index (κ1) is 9.29. The fourth-order valence-electron chi connectivity index (χ4n) is 1.18. The monoisotopic (exact) mass is 210 g/mol. The lowest BCUT2D eigenvalue weighted by Crippen LogP contribution is -2.34. The van der Waals surface area contributed by atoms with Crippen LogP contribution in [0.1, 0.15) is 0 Å². The van der Waals surface area contributed by atoms with E-state index in [1.165, 1.54) is 5.01 Å². The van der Waals surface area contributed by atoms with Crippen LogP contribution in [-0.4, -0.2) is 22.3 Å². The van der Waals surface area contributed by atoms with Crippen molar-refractivity contribution in [3.63, 3.8) is 0 Å². The van der Waals surface area contributed by atoms with Crippen molar-refractivity contribution in [3.8, 4) is 0 Å². The summed E-state index contributed by atoms with van der Waals surface area (Å²) in [6.07, 6.45) is 0. The van der Waals surface area contributed by atoms with Gasteiger partial charge in [0, 0.05) is 0 Å². The Bertz CT molecular complexity index is 331. The average Bonchev–Trinajstić information content (AvgIpc) is 2.61. The number of thiol groups is 1. The fraction of sp³-hybridized carbons (Fsp3) is 0.250. The van der Waals surface area contributed by atoms with Crippen molar-refractivity contribution in [2.24, 2.45) is 10.4 Å². The Morgan fingerprint density at radius 2 is 2.00 bits per heavy atom. The molecular weight excluding hydrogens is 200 g/mol. The summed E-state index contributed by atoms with van der Waals surface area (Å²) in [5, 5.41) is 19.5. The van der Waals surface area contributed by atoms with Crippen LogP contribution in [0.15, 0.2) is 40.8 Å². The van der Waals surface area contributed by atoms with Crippen molar-refractivity contribution in [2.45, 2.75) is 5.50 Å². The number of nitrogens with zero attached hydrogens (tertiary/aromatic N) is 4. The van der Waals surface area contributed by atoms with Crippen LogP contribution in [0.25, 0.3) is 0 Å². The van der Waals surface area contributed by atoms with Gasteiger partial charge in [0.15, 0.2) is 5.50 Å². The molecule has 1 N–H and O–H groups in total. The summed E-state index contributed by atoms with van der Waals surface area (Å²) in [4.78, 5) is 0. The van der Waals surface area contributed by atoms with E-state index in [4.69, 9.17) is 5.11 Å². The number of aliphatic hydroxyl groups is 1. The minimum atomic E-state index is -0.345. The molecule has 0 aliphatic carbocycles. The van der Waals surface area contributed by atoms with Gasteiger partial charge in [0.25, 0.3) is 0 Å². The zero-order chi connectivity index (χ0) is 9.97. The Morgan fingerprint density at radius 1 is 1.29 bits per heavy atom. The van der Waals surface area contributed by atoms with Crippen molar-refractivity contribution >= 4 is 18.3 Å². The Labute approximate surface area is 87.0 Å². The molecule has 0 bridgehead atoms. The third kappa shape index (κ3) is 1.53. The maximum Gasteiger partial charge on any atom is 0.189 e. The largest absolute Gasteiger partial charge is 0.375 e. The number of hydrogen-bond donors (Lipinski definition) is 2. The van der Waals surface area contributed by atoms with Gasteiger partial charge >= 0.3 is 0 Å². The molecule has 0 radical (unpaired) electrons. The first-order chi connectivity index (χ1) is 6.83. The summed E-state index contributed by atoms with van der Waals surface area (Å²) in [6, 6.07) is 9.56. The van der Waals surface area contributed by atoms with Crippen molar-refractivity contribution < 1.29 is 5.11 Å². The Morgan fingerprint density at radius 3 is 2.57 bits per heavy atom. The molecule has 0 spiro atoms. The first-order valence-electron chi connectivity index (χ1n) is 4.14. The summed E-state index contributed by atoms with van der Waals surface area (Å²) in [5.41, 5.74) is 0.551. The Balaban J connectivity index is 2.19. The predicted octanol–water partition coefficient (Wildman–Crippen LogP) is 1.25. The normalized spacial score (nSPS) is 20.6. The molecule has 0 amide bonds. The van der Waals surface area contributed by atoms with Crippen LogP contribution in [0, 0.1) is 0 Å². The van der Waals surface area contributed by atoms with Crippen molar-refractivity contribution in [3.05, 3.63) is 30.3 Å². The van der Waals surface area contributed by atoms with Gasteiger partial charge in [-0.1, -0.05) is 18.2 Å². The maximum atomic E-state index is 8.90. The molecule has 74 valence electrons. The molecule has 0 fully saturated rings. The van der Waals surface area contributed by atoms with Gasteiger partial charge in [-0.3, -0.25) is 0 Å². The first-order valence-corrected chi connectivity index (χ1v) is 4.66. The van der Waals surface area contributed by atoms with Crippen molar-refractivity contribution in [1.29, 1.82) is 0 Å². The standard InChI is InChI=1S/C8H10N4OS/c13-6-11-8(14)12(10-9-11)7-4-2-1-3-5-7/h1-5,8,13-14H,6H2. The predicted molar refractivity (Wildman–Crippen MR) is 55.5 cm³/mol. The second kappa shape index (κ2) is 3.85. The van der Waals surface area contributed by atoms with Gasteiger partial charge in [-0.05, 0) is 22.6 Å². The molecule has 1 aromatic carbocycles. The molecule has 6 heteroatoms. The van der Waals surface area contributed by atoms with Crippen LogP contribution in [-0.2, 0) is 0 Å². The molecule has 0 aromatic heterocycles. The van der Waals surface area contributed by atoms with E-state index >= 15 is 0 Å². The quantitative estimate of drug-likeness (QED) is 0.722. The molecule has 5 nitrogen and oxygen atoms in total. The topological polar surface area (TPSA) is 51.4 Å². The molecule has 1 aromatic rings. The Hall–Kier alpha value is -1.27. The zero-order valence-electron chi connectivity index (χ0n) is 7.35. The molecule has 1 unspecified atom stereocenters. The summed E-state index contributed by atoms with van der Waals surface area (Å²) in [6.45, 7) is -0.193. The van der Waals surface area contributed by atoms with E-state index in [1.807, 2.05) is 30.3 Å². The van der Waals surface area contributed by atoms with Crippen LogP contribution in [0.3, 0.4) is 0 Å². The fourth-order valence-corrected chi connectivity index (χ4v) is 1.48. The molecule has 1 atom stereocenters. The average molecular weight is 210 g/mol. The van der Waals surface area contributed by atoms with Crippen LogP contribution >= 0.6 is 12.6 Å². The third-order valence-electron chi connectivity index (χ3n) is 1.90. The highest BCUT2D eigenvalue weighted by molar-refractivity contribution is 7.81. The van der Waals surface area contributed by atoms with E-state index in [9.17, 15) is 0 Å². The minimum absolute atomic E-state index is 0.193. The number of aliphatic hydroxyl groups excluding tert-OH is 1. The highest BCUT2D eigenvalue weighted by Crippen LogP contribution is 2.25. The third-order valence-corrected chi connectivity index (χ3v) is 2.39. The van der Waals surface area contributed by atoms with E-state index in [1.54, 1.807) is 5.01 Å². The van der Waals surface area contributed by atoms with Crippen LogP contribution in [0.4, 0.5) is 5.69 Å². The van der Waals surface area contributed by atoms with Gasteiger partial charge < -0.3 is 5.11 Å². The smallest absolute Gasteiger partial charge is 0.189 e. The van der Waals surface area contributed by atoms with E-state index in [2.05, 4.69) is 23.1 Å². The van der Waals surface area contributed by atoms with Crippen LogP contribution in [0.2, 0.25) is 0 Å². The molecule has 1 heterocycles. The lowest BCUT2D eigenvalue weighted by atomic mass is 10.3. The maximum absolute atomic E-state index is 8.90. The second-order valence-electron chi connectivity index (χ2n) is 2.79. The van der Waals surface area contributed by atoms with E-state index in [0.717, 1.165) is 5.69 Å². The zero-order valence-corrected chi connectivity index (χ0v) is 8.25. The molecule has 1 aliphatic rings. The van der Waals surface area contributed by atoms with Crippen molar-refractivity contribution in [1.82, 2.24) is 5.01 Å². The highest BCUT2D eigenvalue weighted by Gasteiger charge is 2.26. The van der Waals surface area contributed by atoms with E-state index in [-0.39, 0.29) is 12.2 Å². The molecule has 2 rings (SSSR count). The van der Waals surface area contributed by atoms with Gasteiger partial charge in [0.2, 0.25) is 0 Å². The Kier molecular flexibility index (Phi) is 2.55. The minimum Gasteiger partial charge on any atom is -0.375 e. The van der Waals surface area contributed by atoms with Crippen LogP contribution in [0.5, 0.6) is 0 Å². The summed E-state index contributed by atoms with van der Waals surface area (Å²) in [7, 11) is 0. The number of rotatable bonds is 2. The number of para-hydroxylation sites is 1. The number of hydrogen-bond acceptors (Lipinski definition) is 6. The number of benzene rings is 1. The van der Waals surface area contributed by atoms with Gasteiger partial charge in [-0.15, -0.1) is 12.6 Å². The highest BCUT2D eigenvalue weighted by atomic mass is 32.1. The van der Waals surface area contributed by atoms with Gasteiger partial charge in [0.05, 0.1) is 5.69 Å². The molecule has 1 aliphatic heterocycles. The SMILES string of the molecule is OCN1N=NN(c2ccccc2)C1S. The summed E-state index contributed by atoms with van der Waals surface area (Å²) in [5.74, 6) is 0. The lowest BCUT2D eigenvalue weighted by molar-refractivity contribution is 0.112. The lowest BCUT2D eigenvalue weighted by Gasteiger charge is -2.21. The van der Waals surface area contributed by atoms with Gasteiger partial charge in [0.1, 0.15) is 6.73 Å². The molecular formula is C8H10N4OS. The number of anilines is 1. The van der Waals surface area contributed by atoms with E-state index in [0.29, 0.717) is 0 Å². The van der Waals surface area contributed by atoms with Gasteiger partial charge in [-0.2, -0.15) is 0 Å².